The fraction of sp³-hybridized carbons (Fsp3) is 0.125. The van der Waals surface area contributed by atoms with Crippen LogP contribution in [-0.4, -0.2) is 15.2 Å². The molecule has 0 aliphatic carbocycles. The molecule has 0 aliphatic heterocycles. The zero-order valence-corrected chi connectivity index (χ0v) is 8.45. The molecule has 0 aliphatic rings. The zero-order valence-electron chi connectivity index (χ0n) is 6.86. The van der Waals surface area contributed by atoms with Crippen LogP contribution in [0.4, 0.5) is 0 Å². The second-order valence-corrected chi connectivity index (χ2v) is 3.40. The second-order valence-electron chi connectivity index (χ2n) is 2.49. The van der Waals surface area contributed by atoms with E-state index < -0.39 is 0 Å². The highest BCUT2D eigenvalue weighted by molar-refractivity contribution is 9.10. The highest BCUT2D eigenvalue weighted by atomic mass is 79.9. The summed E-state index contributed by atoms with van der Waals surface area (Å²) < 4.78 is 6.16. The number of hydrogen-bond acceptors (Lipinski definition) is 4. The average Bonchev–Trinajstić information content (AvgIpc) is 2.52. The van der Waals surface area contributed by atoms with Gasteiger partial charge in [-0.05, 0) is 12.1 Å². The third-order valence-electron chi connectivity index (χ3n) is 1.47. The normalized spacial score (nSPS) is 10.3. The topological polar surface area (TPSA) is 51.8 Å². The van der Waals surface area contributed by atoms with Crippen molar-refractivity contribution in [1.82, 2.24) is 15.2 Å². The van der Waals surface area contributed by atoms with Gasteiger partial charge in [0.05, 0.1) is 0 Å². The Morgan fingerprint density at radius 1 is 1.38 bits per heavy atom. The van der Waals surface area contributed by atoms with Crippen LogP contribution in [0.3, 0.4) is 0 Å². The molecule has 0 N–H and O–H groups in total. The molecule has 0 saturated carbocycles. The molecule has 0 saturated heterocycles. The average molecular weight is 240 g/mol. The highest BCUT2D eigenvalue weighted by Crippen LogP contribution is 2.18. The van der Waals surface area contributed by atoms with Crippen LogP contribution in [0.25, 0.3) is 11.6 Å². The van der Waals surface area contributed by atoms with E-state index in [4.69, 9.17) is 4.42 Å². The Morgan fingerprint density at radius 2 is 2.23 bits per heavy atom. The fourth-order valence-corrected chi connectivity index (χ4v) is 1.26. The van der Waals surface area contributed by atoms with Gasteiger partial charge in [-0.25, -0.2) is 0 Å². The summed E-state index contributed by atoms with van der Waals surface area (Å²) in [5.74, 6) is 0.982. The predicted molar refractivity (Wildman–Crippen MR) is 50.0 cm³/mol. The molecule has 0 aromatic carbocycles. The first kappa shape index (κ1) is 8.37. The maximum absolute atomic E-state index is 5.22. The molecule has 5 heteroatoms. The first-order valence-corrected chi connectivity index (χ1v) is 4.47. The van der Waals surface area contributed by atoms with Crippen molar-refractivity contribution >= 4 is 15.9 Å². The Labute approximate surface area is 83.1 Å². The monoisotopic (exact) mass is 239 g/mol. The Kier molecular flexibility index (Phi) is 2.10. The molecular formula is C8H6BrN3O. The summed E-state index contributed by atoms with van der Waals surface area (Å²) in [7, 11) is 0. The van der Waals surface area contributed by atoms with Crippen LogP contribution in [0, 0.1) is 6.92 Å². The summed E-state index contributed by atoms with van der Waals surface area (Å²) in [6, 6.07) is 3.67. The van der Waals surface area contributed by atoms with Crippen molar-refractivity contribution in [3.63, 3.8) is 0 Å². The van der Waals surface area contributed by atoms with E-state index >= 15 is 0 Å². The van der Waals surface area contributed by atoms with E-state index in [1.54, 1.807) is 13.1 Å². The van der Waals surface area contributed by atoms with Crippen LogP contribution in [-0.2, 0) is 0 Å². The first-order chi connectivity index (χ1) is 6.25. The number of halogens is 1. The molecule has 0 radical (unpaired) electrons. The number of rotatable bonds is 1. The molecule has 0 unspecified atom stereocenters. The van der Waals surface area contributed by atoms with E-state index in [-0.39, 0.29) is 0 Å². The van der Waals surface area contributed by atoms with Crippen molar-refractivity contribution in [2.24, 2.45) is 0 Å². The summed E-state index contributed by atoms with van der Waals surface area (Å²) in [4.78, 5) is 4.10. The molecule has 0 atom stereocenters. The van der Waals surface area contributed by atoms with Crippen molar-refractivity contribution in [3.8, 4) is 11.6 Å². The first-order valence-electron chi connectivity index (χ1n) is 3.68. The van der Waals surface area contributed by atoms with Gasteiger partial charge in [0.2, 0.25) is 5.89 Å². The van der Waals surface area contributed by atoms with Crippen LogP contribution in [0.15, 0.2) is 27.2 Å². The molecule has 13 heavy (non-hydrogen) atoms. The summed E-state index contributed by atoms with van der Waals surface area (Å²) in [6.07, 6.45) is 1.68. The van der Waals surface area contributed by atoms with Crippen LogP contribution < -0.4 is 0 Å². The third-order valence-corrected chi connectivity index (χ3v) is 1.96. The maximum Gasteiger partial charge on any atom is 0.266 e. The molecule has 0 amide bonds. The van der Waals surface area contributed by atoms with Crippen LogP contribution in [0.1, 0.15) is 5.89 Å². The molecule has 2 aromatic rings. The van der Waals surface area contributed by atoms with Crippen LogP contribution in [0.5, 0.6) is 0 Å². The Hall–Kier alpha value is -1.23. The van der Waals surface area contributed by atoms with E-state index in [0.29, 0.717) is 17.5 Å². The van der Waals surface area contributed by atoms with E-state index in [1.165, 1.54) is 0 Å². The Morgan fingerprint density at radius 3 is 2.85 bits per heavy atom. The molecule has 0 bridgehead atoms. The standard InChI is InChI=1S/C8H6BrN3O/c1-5-11-12-8(13-5)7-4-6(9)2-3-10-7/h2-4H,1H3. The van der Waals surface area contributed by atoms with Crippen molar-refractivity contribution in [2.75, 3.05) is 0 Å². The third kappa shape index (κ3) is 1.75. The van der Waals surface area contributed by atoms with Gasteiger partial charge in [0.25, 0.3) is 5.89 Å². The molecule has 2 heterocycles. The van der Waals surface area contributed by atoms with Gasteiger partial charge in [-0.2, -0.15) is 0 Å². The summed E-state index contributed by atoms with van der Waals surface area (Å²) >= 11 is 3.34. The molecule has 4 nitrogen and oxygen atoms in total. The van der Waals surface area contributed by atoms with Crippen molar-refractivity contribution < 1.29 is 4.42 Å². The molecular weight excluding hydrogens is 234 g/mol. The van der Waals surface area contributed by atoms with E-state index in [1.807, 2.05) is 12.1 Å². The Bertz CT molecular complexity index is 427. The van der Waals surface area contributed by atoms with E-state index in [9.17, 15) is 0 Å². The minimum absolute atomic E-state index is 0.443. The van der Waals surface area contributed by atoms with Gasteiger partial charge < -0.3 is 4.42 Å². The zero-order chi connectivity index (χ0) is 9.26. The minimum Gasteiger partial charge on any atom is -0.420 e. The number of aromatic nitrogens is 3. The van der Waals surface area contributed by atoms with Crippen molar-refractivity contribution in [1.29, 1.82) is 0 Å². The van der Waals surface area contributed by atoms with Crippen molar-refractivity contribution in [2.45, 2.75) is 6.92 Å². The minimum atomic E-state index is 0.443. The molecule has 2 rings (SSSR count). The van der Waals surface area contributed by atoms with Gasteiger partial charge >= 0.3 is 0 Å². The molecule has 0 spiro atoms. The number of nitrogens with zero attached hydrogens (tertiary/aromatic N) is 3. The van der Waals surface area contributed by atoms with Crippen LogP contribution >= 0.6 is 15.9 Å². The second kappa shape index (κ2) is 3.26. The Balaban J connectivity index is 2.46. The largest absolute Gasteiger partial charge is 0.420 e. The summed E-state index contributed by atoms with van der Waals surface area (Å²) in [6.45, 7) is 1.74. The predicted octanol–water partition coefficient (Wildman–Crippen LogP) is 2.20. The van der Waals surface area contributed by atoms with Gasteiger partial charge in [-0.1, -0.05) is 15.9 Å². The van der Waals surface area contributed by atoms with Gasteiger partial charge in [0, 0.05) is 17.6 Å². The number of hydrogen-bond donors (Lipinski definition) is 0. The van der Waals surface area contributed by atoms with Gasteiger partial charge in [0.15, 0.2) is 0 Å². The van der Waals surface area contributed by atoms with Crippen LogP contribution in [0.2, 0.25) is 0 Å². The van der Waals surface area contributed by atoms with Crippen molar-refractivity contribution in [3.05, 3.63) is 28.7 Å². The maximum atomic E-state index is 5.22. The molecule has 66 valence electrons. The smallest absolute Gasteiger partial charge is 0.266 e. The molecule has 2 aromatic heterocycles. The lowest BCUT2D eigenvalue weighted by molar-refractivity contribution is 0.531. The lowest BCUT2D eigenvalue weighted by Gasteiger charge is -1.93. The highest BCUT2D eigenvalue weighted by Gasteiger charge is 2.06. The lowest BCUT2D eigenvalue weighted by atomic mass is 10.3. The van der Waals surface area contributed by atoms with Gasteiger partial charge in [0.1, 0.15) is 5.69 Å². The lowest BCUT2D eigenvalue weighted by Crippen LogP contribution is -1.82. The van der Waals surface area contributed by atoms with E-state index in [0.717, 1.165) is 4.47 Å². The van der Waals surface area contributed by atoms with E-state index in [2.05, 4.69) is 31.1 Å². The number of pyridine rings is 1. The van der Waals surface area contributed by atoms with Gasteiger partial charge in [-0.15, -0.1) is 10.2 Å². The SMILES string of the molecule is Cc1nnc(-c2cc(Br)ccn2)o1. The fourth-order valence-electron chi connectivity index (χ4n) is 0.922. The van der Waals surface area contributed by atoms with Gasteiger partial charge in [-0.3, -0.25) is 4.98 Å². The summed E-state index contributed by atoms with van der Waals surface area (Å²) in [5.41, 5.74) is 0.676. The summed E-state index contributed by atoms with van der Waals surface area (Å²) in [5, 5.41) is 7.58. The molecule has 0 fully saturated rings. The number of aryl methyl sites for hydroxylation is 1. The quantitative estimate of drug-likeness (QED) is 0.766.